The van der Waals surface area contributed by atoms with E-state index in [2.05, 4.69) is 5.10 Å². The lowest BCUT2D eigenvalue weighted by atomic mass is 10.2. The summed E-state index contributed by atoms with van der Waals surface area (Å²) in [5, 5.41) is 12.9. The summed E-state index contributed by atoms with van der Waals surface area (Å²) in [6.45, 7) is 3.91. The minimum atomic E-state index is 0.00430. The van der Waals surface area contributed by atoms with Crippen LogP contribution in [0.4, 0.5) is 0 Å². The molecular weight excluding hydrogens is 154 g/mol. The molecule has 4 heteroatoms. The van der Waals surface area contributed by atoms with E-state index >= 15 is 0 Å². The van der Waals surface area contributed by atoms with Crippen LogP contribution in [0, 0.1) is 0 Å². The number of hydrogen-bond donors (Lipinski definition) is 2. The topological polar surface area (TPSA) is 64.1 Å². The molecule has 2 atom stereocenters. The summed E-state index contributed by atoms with van der Waals surface area (Å²) in [4.78, 5) is 0. The third-order valence-corrected chi connectivity index (χ3v) is 1.86. The molecule has 1 aromatic heterocycles. The molecule has 12 heavy (non-hydrogen) atoms. The van der Waals surface area contributed by atoms with Gasteiger partial charge in [0.2, 0.25) is 0 Å². The first-order valence-corrected chi connectivity index (χ1v) is 4.05. The first kappa shape index (κ1) is 9.22. The third kappa shape index (κ3) is 1.84. The van der Waals surface area contributed by atoms with Crippen LogP contribution in [0.1, 0.15) is 31.5 Å². The predicted molar refractivity (Wildman–Crippen MR) is 46.6 cm³/mol. The molecule has 0 saturated carbocycles. The lowest BCUT2D eigenvalue weighted by Crippen LogP contribution is -2.09. The van der Waals surface area contributed by atoms with Crippen molar-refractivity contribution in [1.82, 2.24) is 9.78 Å². The van der Waals surface area contributed by atoms with Crippen molar-refractivity contribution in [1.29, 1.82) is 0 Å². The molecule has 0 bridgehead atoms. The number of aromatic nitrogens is 2. The summed E-state index contributed by atoms with van der Waals surface area (Å²) in [6.07, 6.45) is 3.60. The molecule has 0 fully saturated rings. The number of aliphatic hydroxyl groups excluding tert-OH is 1. The average Bonchev–Trinajstić information content (AvgIpc) is 2.51. The lowest BCUT2D eigenvalue weighted by molar-refractivity contribution is 0.229. The van der Waals surface area contributed by atoms with Crippen LogP contribution in [-0.2, 0) is 0 Å². The minimum Gasteiger partial charge on any atom is -0.394 e. The fraction of sp³-hybridized carbons (Fsp3) is 0.625. The van der Waals surface area contributed by atoms with E-state index in [4.69, 9.17) is 10.8 Å². The molecule has 0 aliphatic carbocycles. The molecule has 3 N–H and O–H groups in total. The highest BCUT2D eigenvalue weighted by Crippen LogP contribution is 2.10. The highest BCUT2D eigenvalue weighted by molar-refractivity contribution is 5.08. The Morgan fingerprint density at radius 1 is 1.67 bits per heavy atom. The summed E-state index contributed by atoms with van der Waals surface area (Å²) in [5.74, 6) is 0. The zero-order valence-electron chi connectivity index (χ0n) is 7.44. The van der Waals surface area contributed by atoms with Crippen molar-refractivity contribution in [2.24, 2.45) is 5.73 Å². The number of aliphatic hydroxyl groups is 1. The number of nitrogens with zero attached hydrogens (tertiary/aromatic N) is 2. The van der Waals surface area contributed by atoms with Crippen LogP contribution in [0.2, 0.25) is 0 Å². The predicted octanol–water partition coefficient (Wildman–Crippen LogP) is 0.456. The van der Waals surface area contributed by atoms with Gasteiger partial charge in [0, 0.05) is 17.8 Å². The van der Waals surface area contributed by atoms with Crippen molar-refractivity contribution in [3.8, 4) is 0 Å². The Morgan fingerprint density at radius 3 is 2.75 bits per heavy atom. The van der Waals surface area contributed by atoms with Gasteiger partial charge in [-0.3, -0.25) is 4.68 Å². The van der Waals surface area contributed by atoms with E-state index < -0.39 is 0 Å². The second-order valence-corrected chi connectivity index (χ2v) is 3.07. The van der Waals surface area contributed by atoms with Gasteiger partial charge in [-0.05, 0) is 13.8 Å². The van der Waals surface area contributed by atoms with Crippen LogP contribution in [-0.4, -0.2) is 21.5 Å². The molecule has 1 rings (SSSR count). The monoisotopic (exact) mass is 169 g/mol. The van der Waals surface area contributed by atoms with Crippen LogP contribution >= 0.6 is 0 Å². The summed E-state index contributed by atoms with van der Waals surface area (Å²) < 4.78 is 1.72. The van der Waals surface area contributed by atoms with Crippen molar-refractivity contribution in [2.75, 3.05) is 6.61 Å². The molecule has 68 valence electrons. The Hall–Kier alpha value is -0.870. The van der Waals surface area contributed by atoms with Crippen molar-refractivity contribution in [3.05, 3.63) is 18.0 Å². The number of hydrogen-bond acceptors (Lipinski definition) is 3. The second-order valence-electron chi connectivity index (χ2n) is 3.07. The highest BCUT2D eigenvalue weighted by Gasteiger charge is 2.06. The third-order valence-electron chi connectivity index (χ3n) is 1.86. The summed E-state index contributed by atoms with van der Waals surface area (Å²) >= 11 is 0. The smallest absolute Gasteiger partial charge is 0.0721 e. The van der Waals surface area contributed by atoms with E-state index in [1.165, 1.54) is 0 Å². The normalized spacial score (nSPS) is 16.0. The molecule has 1 unspecified atom stereocenters. The van der Waals surface area contributed by atoms with Gasteiger partial charge in [0.15, 0.2) is 0 Å². The molecule has 0 spiro atoms. The van der Waals surface area contributed by atoms with Crippen molar-refractivity contribution in [3.63, 3.8) is 0 Å². The maximum atomic E-state index is 8.84. The van der Waals surface area contributed by atoms with Gasteiger partial charge in [0.05, 0.1) is 18.8 Å². The summed E-state index contributed by atoms with van der Waals surface area (Å²) in [6, 6.07) is 0.0298. The summed E-state index contributed by atoms with van der Waals surface area (Å²) in [5.41, 5.74) is 6.65. The lowest BCUT2D eigenvalue weighted by Gasteiger charge is -2.07. The second kappa shape index (κ2) is 3.69. The molecule has 0 aliphatic heterocycles. The number of rotatable bonds is 3. The van der Waals surface area contributed by atoms with Crippen LogP contribution in [0.5, 0.6) is 0 Å². The van der Waals surface area contributed by atoms with Crippen molar-refractivity contribution < 1.29 is 5.11 Å². The Morgan fingerprint density at radius 2 is 2.33 bits per heavy atom. The Labute approximate surface area is 72.0 Å². The Bertz CT molecular complexity index is 244. The van der Waals surface area contributed by atoms with Gasteiger partial charge >= 0.3 is 0 Å². The highest BCUT2D eigenvalue weighted by atomic mass is 16.3. The van der Waals surface area contributed by atoms with Crippen LogP contribution in [0.25, 0.3) is 0 Å². The minimum absolute atomic E-state index is 0.00430. The molecule has 0 radical (unpaired) electrons. The van der Waals surface area contributed by atoms with Gasteiger partial charge in [-0.25, -0.2) is 0 Å². The molecular formula is C8H15N3O. The quantitative estimate of drug-likeness (QED) is 0.690. The van der Waals surface area contributed by atoms with Gasteiger partial charge in [0.1, 0.15) is 0 Å². The molecule has 0 aliphatic rings. The van der Waals surface area contributed by atoms with Crippen LogP contribution < -0.4 is 5.73 Å². The van der Waals surface area contributed by atoms with Gasteiger partial charge in [-0.1, -0.05) is 0 Å². The van der Waals surface area contributed by atoms with Gasteiger partial charge in [-0.15, -0.1) is 0 Å². The largest absolute Gasteiger partial charge is 0.394 e. The molecule has 1 aromatic rings. The molecule has 0 amide bonds. The van der Waals surface area contributed by atoms with Gasteiger partial charge in [-0.2, -0.15) is 5.10 Å². The maximum absolute atomic E-state index is 8.84. The van der Waals surface area contributed by atoms with E-state index in [1.54, 1.807) is 10.9 Å². The Kier molecular flexibility index (Phi) is 2.83. The van der Waals surface area contributed by atoms with Crippen molar-refractivity contribution >= 4 is 0 Å². The van der Waals surface area contributed by atoms with E-state index in [0.29, 0.717) is 0 Å². The van der Waals surface area contributed by atoms with E-state index in [9.17, 15) is 0 Å². The summed E-state index contributed by atoms with van der Waals surface area (Å²) in [7, 11) is 0. The van der Waals surface area contributed by atoms with Crippen LogP contribution in [0.3, 0.4) is 0 Å². The van der Waals surface area contributed by atoms with Gasteiger partial charge < -0.3 is 10.8 Å². The maximum Gasteiger partial charge on any atom is 0.0721 e. The average molecular weight is 169 g/mol. The van der Waals surface area contributed by atoms with E-state index in [1.807, 2.05) is 20.0 Å². The van der Waals surface area contributed by atoms with Gasteiger partial charge in [0.25, 0.3) is 0 Å². The zero-order valence-corrected chi connectivity index (χ0v) is 7.44. The standard InChI is InChI=1S/C8H15N3O/c1-6(5-12)11-4-8(3-10-11)7(2)9/h3-4,6-7,12H,5,9H2,1-2H3/t6?,7-/m1/s1. The Balaban J connectivity index is 2.77. The zero-order chi connectivity index (χ0) is 9.14. The fourth-order valence-corrected chi connectivity index (χ4v) is 0.913. The molecule has 0 aromatic carbocycles. The molecule has 4 nitrogen and oxygen atoms in total. The fourth-order valence-electron chi connectivity index (χ4n) is 0.913. The van der Waals surface area contributed by atoms with Crippen LogP contribution in [0.15, 0.2) is 12.4 Å². The van der Waals surface area contributed by atoms with E-state index in [-0.39, 0.29) is 18.7 Å². The first-order chi connectivity index (χ1) is 5.65. The number of nitrogens with two attached hydrogens (primary N) is 1. The van der Waals surface area contributed by atoms with E-state index in [0.717, 1.165) is 5.56 Å². The van der Waals surface area contributed by atoms with Crippen molar-refractivity contribution in [2.45, 2.75) is 25.9 Å². The molecule has 0 saturated heterocycles. The molecule has 1 heterocycles. The first-order valence-electron chi connectivity index (χ1n) is 4.05. The SMILES string of the molecule is CC(CO)n1cc([C@@H](C)N)cn1.